The number of methoxy groups -OCH3 is 1. The van der Waals surface area contributed by atoms with E-state index >= 15 is 0 Å². The van der Waals surface area contributed by atoms with E-state index in [1.807, 2.05) is 0 Å². The zero-order valence-corrected chi connectivity index (χ0v) is 11.8. The van der Waals surface area contributed by atoms with Crippen molar-refractivity contribution in [2.45, 2.75) is 19.4 Å². The van der Waals surface area contributed by atoms with E-state index < -0.39 is 0 Å². The van der Waals surface area contributed by atoms with E-state index in [9.17, 15) is 9.18 Å². The molecule has 1 rings (SSSR count). The third-order valence-electron chi connectivity index (χ3n) is 2.67. The Morgan fingerprint density at radius 2 is 2.25 bits per heavy atom. The molecule has 112 valence electrons. The van der Waals surface area contributed by atoms with Gasteiger partial charge in [0.25, 0.3) is 5.91 Å². The van der Waals surface area contributed by atoms with E-state index in [0.29, 0.717) is 24.5 Å². The molecule has 0 fully saturated rings. The number of halogens is 1. The molecule has 5 nitrogen and oxygen atoms in total. The Morgan fingerprint density at radius 1 is 1.50 bits per heavy atom. The molecule has 0 spiro atoms. The number of nitrogens with one attached hydrogen (secondary N) is 1. The highest BCUT2D eigenvalue weighted by Gasteiger charge is 2.11. The molecule has 20 heavy (non-hydrogen) atoms. The second-order valence-electron chi connectivity index (χ2n) is 4.46. The monoisotopic (exact) mass is 284 g/mol. The third kappa shape index (κ3) is 5.54. The minimum atomic E-state index is -0.381. The van der Waals surface area contributed by atoms with Crippen LogP contribution < -0.4 is 15.8 Å². The second kappa shape index (κ2) is 8.50. The second-order valence-corrected chi connectivity index (χ2v) is 4.46. The molecule has 0 bridgehead atoms. The predicted octanol–water partition coefficient (Wildman–Crippen LogP) is 1.38. The fraction of sp³-hybridized carbons (Fsp3) is 0.500. The van der Waals surface area contributed by atoms with Gasteiger partial charge < -0.3 is 20.5 Å². The van der Waals surface area contributed by atoms with E-state index in [-0.39, 0.29) is 24.4 Å². The summed E-state index contributed by atoms with van der Waals surface area (Å²) in [5.74, 6) is -0.192. The lowest BCUT2D eigenvalue weighted by atomic mass is 10.1. The van der Waals surface area contributed by atoms with Gasteiger partial charge >= 0.3 is 0 Å². The Kier molecular flexibility index (Phi) is 6.97. The first kappa shape index (κ1) is 16.4. The largest absolute Gasteiger partial charge is 0.483 e. The number of rotatable bonds is 8. The molecule has 0 saturated heterocycles. The van der Waals surface area contributed by atoms with Crippen molar-refractivity contribution in [2.75, 3.05) is 26.9 Å². The number of hydrogen-bond acceptors (Lipinski definition) is 4. The van der Waals surface area contributed by atoms with Gasteiger partial charge in [0.05, 0.1) is 0 Å². The van der Waals surface area contributed by atoms with Crippen LogP contribution in [0.5, 0.6) is 5.75 Å². The molecule has 0 heterocycles. The Bertz CT molecular complexity index is 438. The minimum Gasteiger partial charge on any atom is -0.483 e. The summed E-state index contributed by atoms with van der Waals surface area (Å²) >= 11 is 0. The number of benzene rings is 1. The summed E-state index contributed by atoms with van der Waals surface area (Å²) in [6.45, 7) is 2.72. The van der Waals surface area contributed by atoms with Gasteiger partial charge in [0.1, 0.15) is 11.6 Å². The highest BCUT2D eigenvalue weighted by atomic mass is 19.1. The van der Waals surface area contributed by atoms with Crippen LogP contribution in [0, 0.1) is 5.82 Å². The van der Waals surface area contributed by atoms with Crippen LogP contribution in [-0.4, -0.2) is 32.8 Å². The normalized spacial score (nSPS) is 12.0. The van der Waals surface area contributed by atoms with Gasteiger partial charge in [0.2, 0.25) is 0 Å². The third-order valence-corrected chi connectivity index (χ3v) is 2.67. The molecule has 0 aliphatic rings. The Labute approximate surface area is 118 Å². The SMILES string of the molecule is COCCCNC(=O)COc1ccc(F)cc1[C@@H](C)N. The number of carbonyl (C=O) groups is 1. The lowest BCUT2D eigenvalue weighted by Gasteiger charge is -2.14. The zero-order valence-electron chi connectivity index (χ0n) is 11.8. The zero-order chi connectivity index (χ0) is 15.0. The minimum absolute atomic E-state index is 0.127. The van der Waals surface area contributed by atoms with E-state index in [1.54, 1.807) is 14.0 Å². The Morgan fingerprint density at radius 3 is 2.90 bits per heavy atom. The van der Waals surface area contributed by atoms with Gasteiger partial charge in [-0.15, -0.1) is 0 Å². The molecule has 0 aliphatic carbocycles. The van der Waals surface area contributed by atoms with Crippen LogP contribution in [0.25, 0.3) is 0 Å². The quantitative estimate of drug-likeness (QED) is 0.707. The molecule has 1 amide bonds. The van der Waals surface area contributed by atoms with E-state index in [4.69, 9.17) is 15.2 Å². The Balaban J connectivity index is 2.47. The average molecular weight is 284 g/mol. The van der Waals surface area contributed by atoms with Gasteiger partial charge in [-0.3, -0.25) is 4.79 Å². The van der Waals surface area contributed by atoms with Crippen molar-refractivity contribution in [1.29, 1.82) is 0 Å². The topological polar surface area (TPSA) is 73.6 Å². The van der Waals surface area contributed by atoms with E-state index in [2.05, 4.69) is 5.32 Å². The summed E-state index contributed by atoms with van der Waals surface area (Å²) < 4.78 is 23.4. The predicted molar refractivity (Wildman–Crippen MR) is 74.0 cm³/mol. The van der Waals surface area contributed by atoms with Crippen molar-refractivity contribution in [3.05, 3.63) is 29.6 Å². The first-order valence-corrected chi connectivity index (χ1v) is 6.48. The maximum absolute atomic E-state index is 13.1. The highest BCUT2D eigenvalue weighted by molar-refractivity contribution is 5.77. The number of amides is 1. The van der Waals surface area contributed by atoms with Crippen molar-refractivity contribution >= 4 is 5.91 Å². The van der Waals surface area contributed by atoms with Gasteiger partial charge in [-0.1, -0.05) is 0 Å². The smallest absolute Gasteiger partial charge is 0.257 e. The standard InChI is InChI=1S/C14H21FN2O3/c1-10(16)12-8-11(15)4-5-13(12)20-9-14(18)17-6-3-7-19-2/h4-5,8,10H,3,6-7,9,16H2,1-2H3,(H,17,18)/t10-/m1/s1. The molecule has 0 aromatic heterocycles. The molecule has 0 radical (unpaired) electrons. The van der Waals surface area contributed by atoms with Crippen LogP contribution in [-0.2, 0) is 9.53 Å². The maximum Gasteiger partial charge on any atom is 0.257 e. The van der Waals surface area contributed by atoms with Crippen LogP contribution in [0.15, 0.2) is 18.2 Å². The maximum atomic E-state index is 13.1. The van der Waals surface area contributed by atoms with E-state index in [1.165, 1.54) is 18.2 Å². The Hall–Kier alpha value is -1.66. The van der Waals surface area contributed by atoms with Crippen LogP contribution in [0.2, 0.25) is 0 Å². The van der Waals surface area contributed by atoms with Crippen molar-refractivity contribution in [1.82, 2.24) is 5.32 Å². The molecule has 3 N–H and O–H groups in total. The molecule has 0 unspecified atom stereocenters. The average Bonchev–Trinajstić information content (AvgIpc) is 2.42. The number of nitrogens with two attached hydrogens (primary N) is 1. The molecule has 0 saturated carbocycles. The summed E-state index contributed by atoms with van der Waals surface area (Å²) in [6.07, 6.45) is 0.740. The molecular weight excluding hydrogens is 263 g/mol. The molecule has 1 atom stereocenters. The summed E-state index contributed by atoms with van der Waals surface area (Å²) in [7, 11) is 1.61. The van der Waals surface area contributed by atoms with Gasteiger partial charge in [-0.05, 0) is 31.5 Å². The lowest BCUT2D eigenvalue weighted by molar-refractivity contribution is -0.123. The van der Waals surface area contributed by atoms with Crippen LogP contribution in [0.1, 0.15) is 24.9 Å². The van der Waals surface area contributed by atoms with Crippen molar-refractivity contribution in [3.63, 3.8) is 0 Å². The van der Waals surface area contributed by atoms with Gasteiger partial charge in [0.15, 0.2) is 6.61 Å². The lowest BCUT2D eigenvalue weighted by Crippen LogP contribution is -2.30. The number of ether oxygens (including phenoxy) is 2. The number of carbonyl (C=O) groups excluding carboxylic acids is 1. The first-order chi connectivity index (χ1) is 9.54. The fourth-order valence-electron chi connectivity index (χ4n) is 1.65. The van der Waals surface area contributed by atoms with Crippen molar-refractivity contribution in [2.24, 2.45) is 5.73 Å². The van der Waals surface area contributed by atoms with Gasteiger partial charge in [-0.25, -0.2) is 4.39 Å². The van der Waals surface area contributed by atoms with Crippen LogP contribution >= 0.6 is 0 Å². The molecule has 1 aromatic carbocycles. The molecular formula is C14H21FN2O3. The van der Waals surface area contributed by atoms with Crippen molar-refractivity contribution in [3.8, 4) is 5.75 Å². The van der Waals surface area contributed by atoms with Gasteiger partial charge in [0, 0.05) is 31.9 Å². The highest BCUT2D eigenvalue weighted by Crippen LogP contribution is 2.24. The molecule has 1 aromatic rings. The summed E-state index contributed by atoms with van der Waals surface area (Å²) in [4.78, 5) is 11.5. The summed E-state index contributed by atoms with van der Waals surface area (Å²) in [5.41, 5.74) is 6.28. The van der Waals surface area contributed by atoms with Crippen LogP contribution in [0.4, 0.5) is 4.39 Å². The van der Waals surface area contributed by atoms with E-state index in [0.717, 1.165) is 6.42 Å². The summed E-state index contributed by atoms with van der Waals surface area (Å²) in [5, 5.41) is 2.70. The molecule has 6 heteroatoms. The fourth-order valence-corrected chi connectivity index (χ4v) is 1.65. The number of hydrogen-bond donors (Lipinski definition) is 2. The van der Waals surface area contributed by atoms with Gasteiger partial charge in [-0.2, -0.15) is 0 Å². The summed E-state index contributed by atoms with van der Waals surface area (Å²) in [6, 6.07) is 3.70. The molecule has 0 aliphatic heterocycles. The van der Waals surface area contributed by atoms with Crippen LogP contribution in [0.3, 0.4) is 0 Å². The van der Waals surface area contributed by atoms with Crippen molar-refractivity contribution < 1.29 is 18.7 Å². The first-order valence-electron chi connectivity index (χ1n) is 6.48.